The molecule has 0 bridgehead atoms. The maximum atomic E-state index is 12.4. The average Bonchev–Trinajstić information content (AvgIpc) is 2.45. The first kappa shape index (κ1) is 14.9. The van der Waals surface area contributed by atoms with Crippen LogP contribution in [0.2, 0.25) is 0 Å². The Morgan fingerprint density at radius 3 is 2.95 bits per heavy atom. The van der Waals surface area contributed by atoms with Gasteiger partial charge in [0.05, 0.1) is 18.0 Å². The van der Waals surface area contributed by atoms with E-state index in [-0.39, 0.29) is 18.4 Å². The number of carbonyl (C=O) groups is 2. The second-order valence-corrected chi connectivity index (χ2v) is 5.58. The highest BCUT2D eigenvalue weighted by atomic mass is 32.2. The quantitative estimate of drug-likeness (QED) is 0.865. The van der Waals surface area contributed by atoms with Gasteiger partial charge in [-0.15, -0.1) is 11.8 Å². The maximum absolute atomic E-state index is 12.4. The Hall–Kier alpha value is -1.53. The SMILES string of the molecule is CCCN(CCO)C(=O)c1ccc2c(c1)NC(=O)CS2. The lowest BCUT2D eigenvalue weighted by Crippen LogP contribution is -2.34. The zero-order chi connectivity index (χ0) is 14.5. The van der Waals surface area contributed by atoms with Gasteiger partial charge in [0.2, 0.25) is 5.91 Å². The normalized spacial score (nSPS) is 13.6. The van der Waals surface area contributed by atoms with Crippen molar-refractivity contribution in [3.63, 3.8) is 0 Å². The lowest BCUT2D eigenvalue weighted by atomic mass is 10.1. The largest absolute Gasteiger partial charge is 0.395 e. The van der Waals surface area contributed by atoms with E-state index in [0.717, 1.165) is 11.3 Å². The minimum absolute atomic E-state index is 0.0483. The van der Waals surface area contributed by atoms with Crippen LogP contribution in [0.4, 0.5) is 5.69 Å². The Bertz CT molecular complexity index is 513. The average molecular weight is 294 g/mol. The second-order valence-electron chi connectivity index (χ2n) is 4.56. The van der Waals surface area contributed by atoms with Crippen LogP contribution in [0.25, 0.3) is 0 Å². The topological polar surface area (TPSA) is 69.6 Å². The van der Waals surface area contributed by atoms with Crippen molar-refractivity contribution in [2.75, 3.05) is 30.8 Å². The fourth-order valence-electron chi connectivity index (χ4n) is 2.10. The van der Waals surface area contributed by atoms with Crippen LogP contribution in [-0.4, -0.2) is 47.3 Å². The molecule has 108 valence electrons. The van der Waals surface area contributed by atoms with E-state index in [1.165, 1.54) is 11.8 Å². The Morgan fingerprint density at radius 1 is 1.45 bits per heavy atom. The van der Waals surface area contributed by atoms with Gasteiger partial charge in [-0.3, -0.25) is 9.59 Å². The van der Waals surface area contributed by atoms with Crippen molar-refractivity contribution in [1.29, 1.82) is 0 Å². The number of nitrogens with one attached hydrogen (secondary N) is 1. The van der Waals surface area contributed by atoms with Gasteiger partial charge in [0.1, 0.15) is 0 Å². The number of rotatable bonds is 5. The summed E-state index contributed by atoms with van der Waals surface area (Å²) in [5, 5.41) is 11.8. The lowest BCUT2D eigenvalue weighted by Gasteiger charge is -2.22. The third-order valence-corrected chi connectivity index (χ3v) is 4.08. The second kappa shape index (κ2) is 6.76. The van der Waals surface area contributed by atoms with Crippen molar-refractivity contribution in [3.05, 3.63) is 23.8 Å². The van der Waals surface area contributed by atoms with Crippen LogP contribution in [0.1, 0.15) is 23.7 Å². The zero-order valence-corrected chi connectivity index (χ0v) is 12.2. The van der Waals surface area contributed by atoms with Gasteiger partial charge in [0, 0.05) is 23.5 Å². The molecule has 0 radical (unpaired) electrons. The van der Waals surface area contributed by atoms with Gasteiger partial charge in [-0.1, -0.05) is 6.92 Å². The van der Waals surface area contributed by atoms with E-state index in [2.05, 4.69) is 5.32 Å². The number of hydrogen-bond acceptors (Lipinski definition) is 4. The summed E-state index contributed by atoms with van der Waals surface area (Å²) in [7, 11) is 0. The van der Waals surface area contributed by atoms with Gasteiger partial charge >= 0.3 is 0 Å². The van der Waals surface area contributed by atoms with Gasteiger partial charge in [-0.25, -0.2) is 0 Å². The van der Waals surface area contributed by atoms with E-state index in [1.54, 1.807) is 17.0 Å². The van der Waals surface area contributed by atoms with Crippen molar-refractivity contribution in [2.24, 2.45) is 0 Å². The molecular formula is C14H18N2O3S. The molecule has 6 heteroatoms. The number of fused-ring (bicyclic) bond motifs is 1. The van der Waals surface area contributed by atoms with Gasteiger partial charge in [0.15, 0.2) is 0 Å². The number of benzene rings is 1. The van der Waals surface area contributed by atoms with Crippen LogP contribution in [0.5, 0.6) is 0 Å². The summed E-state index contributed by atoms with van der Waals surface area (Å²) >= 11 is 1.47. The fourth-order valence-corrected chi connectivity index (χ4v) is 2.89. The molecule has 1 aromatic carbocycles. The molecule has 2 amide bonds. The summed E-state index contributed by atoms with van der Waals surface area (Å²) in [6, 6.07) is 5.34. The van der Waals surface area contributed by atoms with Crippen LogP contribution in [0, 0.1) is 0 Å². The summed E-state index contributed by atoms with van der Waals surface area (Å²) in [5.41, 5.74) is 1.23. The Morgan fingerprint density at radius 2 is 2.25 bits per heavy atom. The highest BCUT2D eigenvalue weighted by Gasteiger charge is 2.19. The number of anilines is 1. The summed E-state index contributed by atoms with van der Waals surface area (Å²) in [5.74, 6) is 0.244. The number of aliphatic hydroxyl groups is 1. The van der Waals surface area contributed by atoms with Crippen molar-refractivity contribution < 1.29 is 14.7 Å². The van der Waals surface area contributed by atoms with E-state index in [0.29, 0.717) is 30.1 Å². The maximum Gasteiger partial charge on any atom is 0.254 e. The van der Waals surface area contributed by atoms with Crippen molar-refractivity contribution >= 4 is 29.3 Å². The van der Waals surface area contributed by atoms with Crippen molar-refractivity contribution in [2.45, 2.75) is 18.2 Å². The molecule has 0 fully saturated rings. The first-order valence-electron chi connectivity index (χ1n) is 6.62. The molecule has 1 aliphatic heterocycles. The molecule has 0 saturated heterocycles. The standard InChI is InChI=1S/C14H18N2O3S/c1-2-5-16(6-7-17)14(19)10-3-4-12-11(8-10)15-13(18)9-20-12/h3-4,8,17H,2,5-7,9H2,1H3,(H,15,18). The third kappa shape index (κ3) is 3.32. The highest BCUT2D eigenvalue weighted by molar-refractivity contribution is 8.00. The molecule has 1 aromatic rings. The molecule has 0 aromatic heterocycles. The molecule has 0 saturated carbocycles. The van der Waals surface area contributed by atoms with Gasteiger partial charge in [-0.05, 0) is 24.6 Å². The number of thioether (sulfide) groups is 1. The molecule has 1 heterocycles. The summed E-state index contributed by atoms with van der Waals surface area (Å²) < 4.78 is 0. The summed E-state index contributed by atoms with van der Waals surface area (Å²) in [6.45, 7) is 2.87. The molecular weight excluding hydrogens is 276 g/mol. The van der Waals surface area contributed by atoms with E-state index < -0.39 is 0 Å². The fraction of sp³-hybridized carbons (Fsp3) is 0.429. The number of nitrogens with zero attached hydrogens (tertiary/aromatic N) is 1. The first-order chi connectivity index (χ1) is 9.65. The monoisotopic (exact) mass is 294 g/mol. The Labute approximate surface area is 122 Å². The van der Waals surface area contributed by atoms with Crippen LogP contribution < -0.4 is 5.32 Å². The minimum Gasteiger partial charge on any atom is -0.395 e. The molecule has 2 rings (SSSR count). The van der Waals surface area contributed by atoms with Gasteiger partial charge in [-0.2, -0.15) is 0 Å². The number of carbonyl (C=O) groups excluding carboxylic acids is 2. The van der Waals surface area contributed by atoms with Gasteiger partial charge in [0.25, 0.3) is 5.91 Å². The molecule has 0 spiro atoms. The summed E-state index contributed by atoms with van der Waals surface area (Å²) in [4.78, 5) is 26.4. The van der Waals surface area contributed by atoms with Crippen molar-refractivity contribution in [1.82, 2.24) is 4.90 Å². The minimum atomic E-state index is -0.117. The third-order valence-electron chi connectivity index (χ3n) is 3.01. The molecule has 5 nitrogen and oxygen atoms in total. The van der Waals surface area contributed by atoms with Crippen molar-refractivity contribution in [3.8, 4) is 0 Å². The Balaban J connectivity index is 2.21. The van der Waals surface area contributed by atoms with E-state index in [4.69, 9.17) is 5.11 Å². The molecule has 1 aliphatic rings. The summed E-state index contributed by atoms with van der Waals surface area (Å²) in [6.07, 6.45) is 0.837. The smallest absolute Gasteiger partial charge is 0.254 e. The molecule has 0 unspecified atom stereocenters. The molecule has 2 N–H and O–H groups in total. The number of amides is 2. The predicted octanol–water partition coefficient (Wildman–Crippen LogP) is 1.58. The van der Waals surface area contributed by atoms with Crippen LogP contribution in [0.15, 0.2) is 23.1 Å². The number of hydrogen-bond donors (Lipinski definition) is 2. The van der Waals surface area contributed by atoms with E-state index >= 15 is 0 Å². The van der Waals surface area contributed by atoms with Crippen LogP contribution in [-0.2, 0) is 4.79 Å². The van der Waals surface area contributed by atoms with Crippen LogP contribution >= 0.6 is 11.8 Å². The van der Waals surface area contributed by atoms with E-state index in [1.807, 2.05) is 13.0 Å². The molecule has 20 heavy (non-hydrogen) atoms. The first-order valence-corrected chi connectivity index (χ1v) is 7.61. The number of aliphatic hydroxyl groups excluding tert-OH is 1. The predicted molar refractivity (Wildman–Crippen MR) is 79.1 cm³/mol. The van der Waals surface area contributed by atoms with Gasteiger partial charge < -0.3 is 15.3 Å². The lowest BCUT2D eigenvalue weighted by molar-refractivity contribution is -0.113. The highest BCUT2D eigenvalue weighted by Crippen LogP contribution is 2.32. The molecule has 0 atom stereocenters. The molecule has 0 aliphatic carbocycles. The zero-order valence-electron chi connectivity index (χ0n) is 11.4. The van der Waals surface area contributed by atoms with E-state index in [9.17, 15) is 9.59 Å². The van der Waals surface area contributed by atoms with Crippen LogP contribution in [0.3, 0.4) is 0 Å². The Kier molecular flexibility index (Phi) is 5.03.